The number of carbonyl (C=O) groups excluding carboxylic acids is 1. The summed E-state index contributed by atoms with van der Waals surface area (Å²) in [5, 5.41) is 0. The highest BCUT2D eigenvalue weighted by Crippen LogP contribution is 2.18. The molecule has 0 aromatic rings. The van der Waals surface area contributed by atoms with E-state index >= 15 is 0 Å². The van der Waals surface area contributed by atoms with Crippen LogP contribution in [0.4, 0.5) is 0 Å². The highest BCUT2D eigenvalue weighted by atomic mass is 28.4. The molecule has 0 amide bonds. The van der Waals surface area contributed by atoms with Crippen molar-refractivity contribution in [3.63, 3.8) is 0 Å². The van der Waals surface area contributed by atoms with E-state index < -0.39 is 18.3 Å². The standard InChI is InChI=1S/C10H20O5Si.C3H9O3Si/c1-9(10(11)12-2)7-6-8-16(13-3,14-4)15-5;1-4-7(5-2)6-3/h1,6-8H2,2-5H3;1-3H3. The van der Waals surface area contributed by atoms with Crippen molar-refractivity contribution in [1.29, 1.82) is 0 Å². The van der Waals surface area contributed by atoms with E-state index in [0.717, 1.165) is 6.42 Å². The Morgan fingerprint density at radius 2 is 1.35 bits per heavy atom. The molecule has 0 aliphatic carbocycles. The number of carbonyl (C=O) groups is 1. The van der Waals surface area contributed by atoms with Crippen LogP contribution in [0.25, 0.3) is 0 Å². The van der Waals surface area contributed by atoms with E-state index in [2.05, 4.69) is 11.3 Å². The van der Waals surface area contributed by atoms with E-state index in [9.17, 15) is 4.79 Å². The van der Waals surface area contributed by atoms with E-state index in [0.29, 0.717) is 18.0 Å². The molecule has 0 heterocycles. The van der Waals surface area contributed by atoms with Crippen molar-refractivity contribution in [3.05, 3.63) is 12.2 Å². The van der Waals surface area contributed by atoms with E-state index in [1.165, 1.54) is 7.11 Å². The number of ether oxygens (including phenoxy) is 1. The summed E-state index contributed by atoms with van der Waals surface area (Å²) in [6, 6.07) is 0.645. The van der Waals surface area contributed by atoms with Gasteiger partial charge in [0, 0.05) is 54.3 Å². The zero-order valence-corrected chi connectivity index (χ0v) is 17.1. The predicted octanol–water partition coefficient (Wildman–Crippen LogP) is 1.28. The van der Waals surface area contributed by atoms with E-state index in [1.807, 2.05) is 0 Å². The van der Waals surface area contributed by atoms with Crippen LogP contribution in [0.15, 0.2) is 12.2 Å². The molecule has 0 aromatic heterocycles. The third-order valence-corrected chi connectivity index (χ3v) is 6.70. The van der Waals surface area contributed by atoms with Crippen molar-refractivity contribution < 1.29 is 36.1 Å². The summed E-state index contributed by atoms with van der Waals surface area (Å²) in [5.74, 6) is -0.375. The van der Waals surface area contributed by atoms with E-state index in [1.54, 1.807) is 42.7 Å². The third-order valence-electron chi connectivity index (χ3n) is 2.87. The monoisotopic (exact) mass is 369 g/mol. The van der Waals surface area contributed by atoms with Crippen LogP contribution in [0.2, 0.25) is 6.04 Å². The summed E-state index contributed by atoms with van der Waals surface area (Å²) in [7, 11) is 6.82. The first-order valence-electron chi connectivity index (χ1n) is 6.80. The van der Waals surface area contributed by atoms with Gasteiger partial charge in [-0.25, -0.2) is 4.79 Å². The minimum absolute atomic E-state index is 0.375. The molecule has 0 spiro atoms. The summed E-state index contributed by atoms with van der Waals surface area (Å²) < 4.78 is 34.4. The summed E-state index contributed by atoms with van der Waals surface area (Å²) in [4.78, 5) is 11.1. The zero-order chi connectivity index (χ0) is 18.3. The Labute approximate surface area is 141 Å². The first-order chi connectivity index (χ1) is 10.9. The van der Waals surface area contributed by atoms with Crippen LogP contribution in [0.5, 0.6) is 0 Å². The molecular formula is C13H29O8Si2. The molecule has 0 bridgehead atoms. The first-order valence-corrected chi connectivity index (χ1v) is 9.96. The van der Waals surface area contributed by atoms with Crippen LogP contribution < -0.4 is 0 Å². The molecule has 0 unspecified atom stereocenters. The smallest absolute Gasteiger partial charge is 0.466 e. The van der Waals surface area contributed by atoms with Crippen LogP contribution >= 0.6 is 0 Å². The topological polar surface area (TPSA) is 81.7 Å². The summed E-state index contributed by atoms with van der Waals surface area (Å²) >= 11 is 0. The minimum atomic E-state index is -2.52. The van der Waals surface area contributed by atoms with Gasteiger partial charge in [0.25, 0.3) is 0 Å². The maximum Gasteiger partial charge on any atom is 0.576 e. The van der Waals surface area contributed by atoms with Crippen molar-refractivity contribution in [1.82, 2.24) is 0 Å². The number of hydrogen-bond acceptors (Lipinski definition) is 8. The largest absolute Gasteiger partial charge is 0.576 e. The lowest BCUT2D eigenvalue weighted by Gasteiger charge is -2.24. The minimum Gasteiger partial charge on any atom is -0.466 e. The molecular weight excluding hydrogens is 340 g/mol. The molecule has 0 aliphatic rings. The maximum atomic E-state index is 11.1. The van der Waals surface area contributed by atoms with Crippen LogP contribution in [-0.4, -0.2) is 74.1 Å². The molecule has 0 atom stereocenters. The first kappa shape index (κ1) is 24.7. The molecule has 0 rings (SSSR count). The second kappa shape index (κ2) is 15.0. The van der Waals surface area contributed by atoms with Crippen molar-refractivity contribution in [3.8, 4) is 0 Å². The second-order valence-corrected chi connectivity index (χ2v) is 8.92. The van der Waals surface area contributed by atoms with E-state index in [4.69, 9.17) is 26.6 Å². The quantitative estimate of drug-likeness (QED) is 0.306. The summed E-state index contributed by atoms with van der Waals surface area (Å²) in [6.45, 7) is 3.64. The normalized spacial score (nSPS) is 11.0. The Hall–Kier alpha value is -0.596. The average Bonchev–Trinajstić information content (AvgIpc) is 2.60. The fourth-order valence-corrected chi connectivity index (χ4v) is 3.79. The Bertz CT molecular complexity index is 305. The Kier molecular flexibility index (Phi) is 16.0. The number of esters is 1. The summed E-state index contributed by atoms with van der Waals surface area (Å²) in [6.07, 6.45) is 1.27. The molecule has 0 aliphatic heterocycles. The van der Waals surface area contributed by atoms with Crippen molar-refractivity contribution in [2.75, 3.05) is 49.8 Å². The van der Waals surface area contributed by atoms with Crippen molar-refractivity contribution in [2.24, 2.45) is 0 Å². The fourth-order valence-electron chi connectivity index (χ4n) is 1.57. The van der Waals surface area contributed by atoms with Crippen LogP contribution in [0.1, 0.15) is 12.8 Å². The summed E-state index contributed by atoms with van der Waals surface area (Å²) in [5.41, 5.74) is 0.453. The van der Waals surface area contributed by atoms with Crippen molar-refractivity contribution in [2.45, 2.75) is 18.9 Å². The van der Waals surface area contributed by atoms with Gasteiger partial charge in [0.1, 0.15) is 0 Å². The molecule has 10 heteroatoms. The molecule has 0 aromatic carbocycles. The number of methoxy groups -OCH3 is 1. The van der Waals surface area contributed by atoms with Crippen LogP contribution in [-0.2, 0) is 36.1 Å². The van der Waals surface area contributed by atoms with Gasteiger partial charge < -0.3 is 31.3 Å². The van der Waals surface area contributed by atoms with Gasteiger partial charge in [-0.05, 0) is 12.8 Å². The highest BCUT2D eigenvalue weighted by Gasteiger charge is 2.36. The Morgan fingerprint density at radius 3 is 1.61 bits per heavy atom. The zero-order valence-electron chi connectivity index (χ0n) is 15.1. The van der Waals surface area contributed by atoms with Gasteiger partial charge in [-0.3, -0.25) is 0 Å². The SMILES string of the molecule is C=C(CCC[Si](OC)(OC)OC)C(=O)OC.CO[Si](OC)OC. The number of rotatable bonds is 11. The van der Waals surface area contributed by atoms with E-state index in [-0.39, 0.29) is 5.97 Å². The highest BCUT2D eigenvalue weighted by molar-refractivity contribution is 6.60. The van der Waals surface area contributed by atoms with Gasteiger partial charge in [-0.1, -0.05) is 6.58 Å². The molecule has 8 nitrogen and oxygen atoms in total. The molecule has 0 fully saturated rings. The fraction of sp³-hybridized carbons (Fsp3) is 0.769. The average molecular weight is 370 g/mol. The third kappa shape index (κ3) is 10.7. The molecule has 0 saturated carbocycles. The van der Waals surface area contributed by atoms with Crippen molar-refractivity contribution >= 4 is 24.3 Å². The molecule has 0 saturated heterocycles. The lowest BCUT2D eigenvalue weighted by Crippen LogP contribution is -2.42. The van der Waals surface area contributed by atoms with Gasteiger partial charge >= 0.3 is 24.3 Å². The number of hydrogen-bond donors (Lipinski definition) is 0. The molecule has 23 heavy (non-hydrogen) atoms. The predicted molar refractivity (Wildman–Crippen MR) is 88.8 cm³/mol. The second-order valence-electron chi connectivity index (χ2n) is 4.11. The Morgan fingerprint density at radius 1 is 0.913 bits per heavy atom. The van der Waals surface area contributed by atoms with Crippen LogP contribution in [0.3, 0.4) is 0 Å². The molecule has 1 radical (unpaired) electrons. The van der Waals surface area contributed by atoms with Gasteiger partial charge in [0.05, 0.1) is 7.11 Å². The molecule has 137 valence electrons. The lowest BCUT2D eigenvalue weighted by atomic mass is 10.2. The maximum absolute atomic E-state index is 11.1. The van der Waals surface area contributed by atoms with Gasteiger partial charge in [-0.15, -0.1) is 0 Å². The lowest BCUT2D eigenvalue weighted by molar-refractivity contribution is -0.136. The van der Waals surface area contributed by atoms with Gasteiger partial charge in [0.2, 0.25) is 0 Å². The van der Waals surface area contributed by atoms with Gasteiger partial charge in [0.15, 0.2) is 0 Å². The Balaban J connectivity index is 0. The van der Waals surface area contributed by atoms with Crippen LogP contribution in [0, 0.1) is 0 Å². The van der Waals surface area contributed by atoms with Gasteiger partial charge in [-0.2, -0.15) is 0 Å². The molecule has 0 N–H and O–H groups in total.